The van der Waals surface area contributed by atoms with Gasteiger partial charge in [0.05, 0.1) is 43.7 Å². The Morgan fingerprint density at radius 1 is 0.190 bits per heavy atom. The number of nitrogens with zero attached hydrogens (tertiary/aromatic N) is 10. The van der Waals surface area contributed by atoms with E-state index in [-0.39, 0.29) is 0 Å². The van der Waals surface area contributed by atoms with Gasteiger partial charge in [-0.25, -0.2) is 29.9 Å². The van der Waals surface area contributed by atoms with Crippen LogP contribution in [0.3, 0.4) is 0 Å². The largest absolute Gasteiger partial charge is 0.453 e. The number of hydrogen-bond acceptors (Lipinski definition) is 10. The van der Waals surface area contributed by atoms with Gasteiger partial charge in [0.1, 0.15) is 5.58 Å². The molecular formula is C114H74N10OS. The second kappa shape index (κ2) is 32.0. The summed E-state index contributed by atoms with van der Waals surface area (Å²) in [6.07, 6.45) is 0. The summed E-state index contributed by atoms with van der Waals surface area (Å²) in [7, 11) is 0. The Hall–Kier alpha value is -16.8. The Balaban J connectivity index is 0.000000145. The number of anilines is 6. The van der Waals surface area contributed by atoms with Crippen molar-refractivity contribution in [2.24, 2.45) is 0 Å². The fourth-order valence-corrected chi connectivity index (χ4v) is 19.1. The Kier molecular flexibility index (Phi) is 18.8. The van der Waals surface area contributed by atoms with E-state index in [1.54, 1.807) is 11.3 Å². The Morgan fingerprint density at radius 2 is 0.484 bits per heavy atom. The van der Waals surface area contributed by atoms with Gasteiger partial charge >= 0.3 is 0 Å². The maximum Gasteiger partial charge on any atom is 0.167 e. The lowest BCUT2D eigenvalue weighted by Gasteiger charge is -2.25. The molecule has 0 fully saturated rings. The lowest BCUT2D eigenvalue weighted by Crippen LogP contribution is -2.09. The third kappa shape index (κ3) is 13.5. The van der Waals surface area contributed by atoms with Gasteiger partial charge in [-0.2, -0.15) is 0 Å². The molecule has 0 N–H and O–H groups in total. The zero-order valence-corrected chi connectivity index (χ0v) is 68.8. The van der Waals surface area contributed by atoms with Crippen molar-refractivity contribution in [3.63, 3.8) is 0 Å². The summed E-state index contributed by atoms with van der Waals surface area (Å²) in [6, 6.07) is 157. The summed E-state index contributed by atoms with van der Waals surface area (Å²) in [6.45, 7) is 0. The van der Waals surface area contributed by atoms with E-state index in [4.69, 9.17) is 34.3 Å². The highest BCUT2D eigenvalue weighted by Gasteiger charge is 2.26. The zero-order chi connectivity index (χ0) is 83.4. The lowest BCUT2D eigenvalue weighted by atomic mass is 10.0. The minimum Gasteiger partial charge on any atom is -0.453 e. The van der Waals surface area contributed by atoms with Crippen molar-refractivity contribution < 1.29 is 4.42 Å². The maximum atomic E-state index is 7.04. The first-order valence-corrected chi connectivity index (χ1v) is 43.0. The molecule has 0 aliphatic heterocycles. The van der Waals surface area contributed by atoms with Crippen LogP contribution in [0.1, 0.15) is 0 Å². The molecule has 11 nitrogen and oxygen atoms in total. The summed E-state index contributed by atoms with van der Waals surface area (Å²) >= 11 is 1.80. The zero-order valence-electron chi connectivity index (χ0n) is 68.0. The van der Waals surface area contributed by atoms with E-state index < -0.39 is 0 Å². The molecule has 592 valence electrons. The summed E-state index contributed by atoms with van der Waals surface area (Å²) in [5.41, 5.74) is 25.0. The number of aromatic nitrogens is 8. The molecule has 0 aliphatic carbocycles. The van der Waals surface area contributed by atoms with E-state index in [1.807, 2.05) is 103 Å². The number of rotatable bonds is 16. The molecule has 0 unspecified atom stereocenters. The second-order valence-electron chi connectivity index (χ2n) is 31.2. The van der Waals surface area contributed by atoms with Gasteiger partial charge in [-0.15, -0.1) is 11.3 Å². The van der Waals surface area contributed by atoms with Crippen molar-refractivity contribution in [3.8, 4) is 102 Å². The topological polar surface area (TPSA) is 107 Å². The minimum atomic E-state index is 0.555. The van der Waals surface area contributed by atoms with Crippen LogP contribution in [0.2, 0.25) is 0 Å². The van der Waals surface area contributed by atoms with Gasteiger partial charge in [0.15, 0.2) is 40.5 Å². The summed E-state index contributed by atoms with van der Waals surface area (Å²) in [5, 5.41) is 9.18. The Morgan fingerprint density at radius 3 is 0.905 bits per heavy atom. The number of hydrogen-bond donors (Lipinski definition) is 0. The van der Waals surface area contributed by atoms with Gasteiger partial charge in [0.2, 0.25) is 0 Å². The molecule has 0 bridgehead atoms. The van der Waals surface area contributed by atoms with Crippen LogP contribution in [0.5, 0.6) is 0 Å². The molecule has 6 heterocycles. The quantitative estimate of drug-likeness (QED) is 0.0935. The second-order valence-corrected chi connectivity index (χ2v) is 32.2. The van der Waals surface area contributed by atoms with E-state index in [9.17, 15) is 0 Å². The van der Waals surface area contributed by atoms with Gasteiger partial charge in [0, 0.05) is 110 Å². The summed E-state index contributed by atoms with van der Waals surface area (Å²) in [5.74, 6) is 3.73. The number of fused-ring (bicyclic) bond motifs is 12. The third-order valence-electron chi connectivity index (χ3n) is 23.7. The van der Waals surface area contributed by atoms with Crippen LogP contribution in [-0.2, 0) is 0 Å². The normalized spacial score (nSPS) is 11.5. The van der Waals surface area contributed by atoms with E-state index in [2.05, 4.69) is 365 Å². The fraction of sp³-hybridized carbons (Fsp3) is 0. The molecule has 24 aromatic rings. The van der Waals surface area contributed by atoms with Crippen LogP contribution in [0, 0.1) is 0 Å². The molecule has 18 aromatic carbocycles. The molecule has 0 aliphatic rings. The van der Waals surface area contributed by atoms with E-state index in [1.165, 1.54) is 59.2 Å². The van der Waals surface area contributed by atoms with Crippen LogP contribution in [0.4, 0.5) is 34.1 Å². The van der Waals surface area contributed by atoms with Crippen molar-refractivity contribution in [3.05, 3.63) is 449 Å². The first-order valence-electron chi connectivity index (χ1n) is 42.2. The summed E-state index contributed by atoms with van der Waals surface area (Å²) < 4.78 is 14.2. The van der Waals surface area contributed by atoms with Crippen molar-refractivity contribution in [2.75, 3.05) is 9.80 Å². The SMILES string of the molecule is c1ccc(-c2nc(-c3ccccc3)nc(-c3cccc4c3oc3c(-n5c6ccccc6c6cc(-c7ccc(N(c8ccccc8)c8ccccc8)cc7)ccc65)cccc34)n2)cc1.c1ccc(-c2nc(-c3ccccc3)nc(-c3cccc4c3sc3c(-n5c6ccccc6c6cc(-c7ccc(N(c8ccccc8)c8ccccc8)cc7)ccc65)cccc34)n2)cc1. The predicted molar refractivity (Wildman–Crippen MR) is 521 cm³/mol. The molecule has 0 saturated heterocycles. The van der Waals surface area contributed by atoms with Crippen molar-refractivity contribution in [1.82, 2.24) is 39.0 Å². The number of para-hydroxylation sites is 8. The van der Waals surface area contributed by atoms with Gasteiger partial charge in [-0.3, -0.25) is 0 Å². The third-order valence-corrected chi connectivity index (χ3v) is 25.0. The van der Waals surface area contributed by atoms with Gasteiger partial charge < -0.3 is 23.4 Å². The van der Waals surface area contributed by atoms with Crippen molar-refractivity contribution >= 4 is 131 Å². The van der Waals surface area contributed by atoms with Gasteiger partial charge in [-0.1, -0.05) is 315 Å². The number of benzene rings is 18. The molecular weight excluding hydrogens is 1560 g/mol. The predicted octanol–water partition coefficient (Wildman–Crippen LogP) is 30.5. The summed E-state index contributed by atoms with van der Waals surface area (Å²) in [4.78, 5) is 34.8. The lowest BCUT2D eigenvalue weighted by molar-refractivity contribution is 0.667. The van der Waals surface area contributed by atoms with E-state index >= 15 is 0 Å². The van der Waals surface area contributed by atoms with Crippen LogP contribution >= 0.6 is 11.3 Å². The molecule has 0 amide bonds. The molecule has 126 heavy (non-hydrogen) atoms. The highest BCUT2D eigenvalue weighted by atomic mass is 32.1. The molecule has 0 radical (unpaired) electrons. The average molecular weight is 1630 g/mol. The standard InChI is InChI=1S/C57H37N5O.C57H37N5S/c2*1-5-17-39(18-6-1)55-58-56(40-19-7-2-8-20-40)60-57(59-55)48-28-15-26-46-47-27-16-30-52(54(47)63-53(46)48)62-50-29-14-13-25-45(50)49-37-41(33-36-51(49)62)38-31-34-44(35-32-38)61(42-21-9-3-10-22-42)43-23-11-4-12-24-43/h2*1-37H. The highest BCUT2D eigenvalue weighted by molar-refractivity contribution is 7.26. The van der Waals surface area contributed by atoms with Crippen LogP contribution in [0.15, 0.2) is 453 Å². The Bertz CT molecular complexity index is 7500. The first-order chi connectivity index (χ1) is 62.5. The monoisotopic (exact) mass is 1630 g/mol. The van der Waals surface area contributed by atoms with Crippen LogP contribution in [0.25, 0.3) is 188 Å². The molecule has 6 aromatic heterocycles. The minimum absolute atomic E-state index is 0.555. The molecule has 0 atom stereocenters. The molecule has 0 spiro atoms. The first kappa shape index (κ1) is 74.3. The smallest absolute Gasteiger partial charge is 0.167 e. The molecule has 24 rings (SSSR count). The van der Waals surface area contributed by atoms with Crippen molar-refractivity contribution in [2.45, 2.75) is 0 Å². The maximum absolute atomic E-state index is 7.04. The fourth-order valence-electron chi connectivity index (χ4n) is 17.8. The molecule has 0 saturated carbocycles. The van der Waals surface area contributed by atoms with E-state index in [0.29, 0.717) is 34.9 Å². The van der Waals surface area contributed by atoms with Crippen molar-refractivity contribution in [1.29, 1.82) is 0 Å². The van der Waals surface area contributed by atoms with Crippen LogP contribution in [-0.4, -0.2) is 39.0 Å². The number of furan rings is 1. The van der Waals surface area contributed by atoms with E-state index in [0.717, 1.165) is 128 Å². The average Bonchev–Trinajstić information content (AvgIpc) is 1.57. The number of thiophene rings is 1. The van der Waals surface area contributed by atoms with Gasteiger partial charge in [0.25, 0.3) is 0 Å². The van der Waals surface area contributed by atoms with Crippen LogP contribution < -0.4 is 9.80 Å². The van der Waals surface area contributed by atoms with Gasteiger partial charge in [-0.05, 0) is 156 Å². The molecule has 12 heteroatoms. The highest BCUT2D eigenvalue weighted by Crippen LogP contribution is 2.48. The Labute approximate surface area is 730 Å².